The molecular weight excluding hydrogens is 184 g/mol. The second kappa shape index (κ2) is 3.00. The van der Waals surface area contributed by atoms with Crippen LogP contribution in [0.1, 0.15) is 58.8 Å². The molecule has 86 valence electrons. The fourth-order valence-corrected chi connectivity index (χ4v) is 5.51. The fourth-order valence-electron chi connectivity index (χ4n) is 5.51. The van der Waals surface area contributed by atoms with E-state index in [4.69, 9.17) is 0 Å². The van der Waals surface area contributed by atoms with E-state index in [2.05, 4.69) is 13.8 Å². The Bertz CT molecular complexity index is 249. The minimum absolute atomic E-state index is 0.251. The summed E-state index contributed by atoms with van der Waals surface area (Å²) in [5.41, 5.74) is 0.284. The number of hydrogen-bond acceptors (Lipinski definition) is 1. The second-order valence-electron chi connectivity index (χ2n) is 7.28. The van der Waals surface area contributed by atoms with Crippen LogP contribution in [0.2, 0.25) is 0 Å². The summed E-state index contributed by atoms with van der Waals surface area (Å²) in [7, 11) is 0. The van der Waals surface area contributed by atoms with Crippen LogP contribution in [-0.2, 0) is 0 Å². The molecule has 0 heterocycles. The molecule has 0 aromatic rings. The van der Waals surface area contributed by atoms with Gasteiger partial charge in [-0.15, -0.1) is 0 Å². The van der Waals surface area contributed by atoms with Crippen LogP contribution in [0.5, 0.6) is 0 Å². The van der Waals surface area contributed by atoms with Crippen molar-refractivity contribution in [2.75, 3.05) is 0 Å². The molecule has 4 aliphatic rings. The molecule has 1 N–H and O–H groups in total. The van der Waals surface area contributed by atoms with Crippen molar-refractivity contribution < 1.29 is 5.11 Å². The van der Waals surface area contributed by atoms with Gasteiger partial charge in [0.05, 0.1) is 5.60 Å². The molecule has 0 aliphatic heterocycles. The first kappa shape index (κ1) is 10.1. The Hall–Kier alpha value is -0.0400. The lowest BCUT2D eigenvalue weighted by Gasteiger charge is -2.61. The predicted molar refractivity (Wildman–Crippen MR) is 61.5 cm³/mol. The molecule has 0 aromatic carbocycles. The number of aliphatic hydroxyl groups is 1. The summed E-state index contributed by atoms with van der Waals surface area (Å²) in [6, 6.07) is 0. The van der Waals surface area contributed by atoms with Crippen molar-refractivity contribution in [1.29, 1.82) is 0 Å². The average Bonchev–Trinajstić information content (AvgIpc) is 1.94. The lowest BCUT2D eigenvalue weighted by atomic mass is 9.46. The molecule has 1 nitrogen and oxygen atoms in total. The van der Waals surface area contributed by atoms with Gasteiger partial charge in [0.2, 0.25) is 0 Å². The quantitative estimate of drug-likeness (QED) is 0.737. The Morgan fingerprint density at radius 3 is 2.20 bits per heavy atom. The van der Waals surface area contributed by atoms with Crippen molar-refractivity contribution >= 4 is 0 Å². The van der Waals surface area contributed by atoms with Gasteiger partial charge in [-0.2, -0.15) is 0 Å². The van der Waals surface area contributed by atoms with Crippen LogP contribution in [0.3, 0.4) is 0 Å². The lowest BCUT2D eigenvalue weighted by Crippen LogP contribution is -2.55. The molecule has 4 bridgehead atoms. The van der Waals surface area contributed by atoms with Crippen molar-refractivity contribution in [1.82, 2.24) is 0 Å². The van der Waals surface area contributed by atoms with E-state index in [-0.39, 0.29) is 5.60 Å². The van der Waals surface area contributed by atoms with Crippen LogP contribution in [-0.4, -0.2) is 10.7 Å². The Kier molecular flexibility index (Phi) is 2.03. The van der Waals surface area contributed by atoms with Crippen molar-refractivity contribution in [2.45, 2.75) is 64.4 Å². The van der Waals surface area contributed by atoms with Gasteiger partial charge in [-0.3, -0.25) is 0 Å². The first-order chi connectivity index (χ1) is 6.99. The monoisotopic (exact) mass is 208 g/mol. The van der Waals surface area contributed by atoms with Gasteiger partial charge >= 0.3 is 0 Å². The highest BCUT2D eigenvalue weighted by atomic mass is 16.3. The topological polar surface area (TPSA) is 20.2 Å². The summed E-state index contributed by atoms with van der Waals surface area (Å²) < 4.78 is 0. The highest BCUT2D eigenvalue weighted by Gasteiger charge is 2.56. The largest absolute Gasteiger partial charge is 0.390 e. The van der Waals surface area contributed by atoms with E-state index in [0.717, 1.165) is 37.0 Å². The van der Waals surface area contributed by atoms with Crippen LogP contribution >= 0.6 is 0 Å². The fraction of sp³-hybridized carbons (Fsp3) is 1.00. The Balaban J connectivity index is 1.86. The standard InChI is InChI=1S/C14H24O/c1-10(2)4-13-5-11-3-12(6-13)8-14(15,7-11)9-13/h10-12,15H,3-9H2,1-2H3. The van der Waals surface area contributed by atoms with Gasteiger partial charge < -0.3 is 5.11 Å². The van der Waals surface area contributed by atoms with E-state index in [1.165, 1.54) is 25.7 Å². The predicted octanol–water partition coefficient (Wildman–Crippen LogP) is 3.36. The highest BCUT2D eigenvalue weighted by Crippen LogP contribution is 2.63. The Labute approximate surface area is 93.3 Å². The molecule has 0 amide bonds. The molecule has 4 rings (SSSR count). The van der Waals surface area contributed by atoms with E-state index >= 15 is 0 Å². The van der Waals surface area contributed by atoms with Gasteiger partial charge in [-0.25, -0.2) is 0 Å². The summed E-state index contributed by atoms with van der Waals surface area (Å²) in [6.45, 7) is 4.67. The molecule has 0 aromatic heterocycles. The number of rotatable bonds is 2. The number of hydrogen-bond donors (Lipinski definition) is 1. The third-order valence-electron chi connectivity index (χ3n) is 4.99. The van der Waals surface area contributed by atoms with Crippen LogP contribution in [0, 0.1) is 23.2 Å². The summed E-state index contributed by atoms with van der Waals surface area (Å²) in [4.78, 5) is 0. The SMILES string of the molecule is CC(C)CC12CC3CC(CC(O)(C3)C1)C2. The van der Waals surface area contributed by atoms with Crippen molar-refractivity contribution in [3.05, 3.63) is 0 Å². The van der Waals surface area contributed by atoms with Crippen molar-refractivity contribution in [3.8, 4) is 0 Å². The van der Waals surface area contributed by atoms with Crippen LogP contribution in [0.4, 0.5) is 0 Å². The zero-order valence-corrected chi connectivity index (χ0v) is 10.1. The van der Waals surface area contributed by atoms with Gasteiger partial charge in [-0.05, 0) is 68.1 Å². The minimum Gasteiger partial charge on any atom is -0.390 e. The average molecular weight is 208 g/mol. The molecule has 4 aliphatic carbocycles. The van der Waals surface area contributed by atoms with Crippen LogP contribution in [0.25, 0.3) is 0 Å². The summed E-state index contributed by atoms with van der Waals surface area (Å²) in [5.74, 6) is 2.51. The molecule has 1 heteroatoms. The smallest absolute Gasteiger partial charge is 0.0658 e. The normalized spacial score (nSPS) is 52.8. The van der Waals surface area contributed by atoms with E-state index < -0.39 is 0 Å². The van der Waals surface area contributed by atoms with Gasteiger partial charge in [0.1, 0.15) is 0 Å². The highest BCUT2D eigenvalue weighted by molar-refractivity contribution is 5.08. The summed E-state index contributed by atoms with van der Waals surface area (Å²) >= 11 is 0. The summed E-state index contributed by atoms with van der Waals surface area (Å²) in [5, 5.41) is 10.6. The van der Waals surface area contributed by atoms with Gasteiger partial charge in [-0.1, -0.05) is 13.8 Å². The maximum Gasteiger partial charge on any atom is 0.0658 e. The van der Waals surface area contributed by atoms with Crippen molar-refractivity contribution in [2.24, 2.45) is 23.2 Å². The zero-order chi connectivity index (χ0) is 10.7. The molecular formula is C14H24O. The molecule has 0 spiro atoms. The molecule has 0 radical (unpaired) electrons. The maximum absolute atomic E-state index is 10.6. The van der Waals surface area contributed by atoms with Gasteiger partial charge in [0.15, 0.2) is 0 Å². The van der Waals surface area contributed by atoms with E-state index in [1.54, 1.807) is 0 Å². The first-order valence-electron chi connectivity index (χ1n) is 6.71. The lowest BCUT2D eigenvalue weighted by molar-refractivity contribution is -0.168. The third-order valence-corrected chi connectivity index (χ3v) is 4.99. The van der Waals surface area contributed by atoms with Crippen molar-refractivity contribution in [3.63, 3.8) is 0 Å². The minimum atomic E-state index is -0.251. The van der Waals surface area contributed by atoms with Crippen LogP contribution in [0.15, 0.2) is 0 Å². The Morgan fingerprint density at radius 1 is 1.13 bits per heavy atom. The third kappa shape index (κ3) is 1.63. The zero-order valence-electron chi connectivity index (χ0n) is 10.1. The molecule has 2 atom stereocenters. The maximum atomic E-state index is 10.6. The summed E-state index contributed by atoms with van der Waals surface area (Å²) in [6.07, 6.45) is 8.95. The first-order valence-corrected chi connectivity index (χ1v) is 6.71. The van der Waals surface area contributed by atoms with Crippen LogP contribution < -0.4 is 0 Å². The Morgan fingerprint density at radius 2 is 1.73 bits per heavy atom. The van der Waals surface area contributed by atoms with Gasteiger partial charge in [0.25, 0.3) is 0 Å². The molecule has 0 saturated heterocycles. The molecule has 2 unspecified atom stereocenters. The van der Waals surface area contributed by atoms with Gasteiger partial charge in [0, 0.05) is 0 Å². The molecule has 4 fully saturated rings. The van der Waals surface area contributed by atoms with E-state index in [9.17, 15) is 5.11 Å². The van der Waals surface area contributed by atoms with E-state index in [0.29, 0.717) is 5.41 Å². The van der Waals surface area contributed by atoms with E-state index in [1.807, 2.05) is 0 Å². The second-order valence-corrected chi connectivity index (χ2v) is 7.28. The molecule has 15 heavy (non-hydrogen) atoms. The molecule has 4 saturated carbocycles.